The number of hydrogen-bond acceptors (Lipinski definition) is 5. The summed E-state index contributed by atoms with van der Waals surface area (Å²) in [6.45, 7) is 7.74. The highest BCUT2D eigenvalue weighted by atomic mass is 16.6. The number of esters is 2. The molecule has 0 aliphatic carbocycles. The van der Waals surface area contributed by atoms with E-state index in [2.05, 4.69) is 69.4 Å². The molecule has 0 aromatic heterocycles. The maximum atomic E-state index is 12.8. The van der Waals surface area contributed by atoms with E-state index in [4.69, 9.17) is 14.2 Å². The third kappa shape index (κ3) is 52.5. The van der Waals surface area contributed by atoms with E-state index in [1.165, 1.54) is 193 Å². The molecule has 0 heterocycles. The summed E-state index contributed by atoms with van der Waals surface area (Å²) in [5.41, 5.74) is 0. The van der Waals surface area contributed by atoms with Crippen molar-refractivity contribution in [1.82, 2.24) is 0 Å². The van der Waals surface area contributed by atoms with Gasteiger partial charge in [-0.05, 0) is 77.0 Å². The lowest BCUT2D eigenvalue weighted by molar-refractivity contribution is -0.163. The van der Waals surface area contributed by atoms with Crippen LogP contribution in [0.3, 0.4) is 0 Å². The fourth-order valence-corrected chi connectivity index (χ4v) is 8.17. The Hall–Kier alpha value is -2.14. The van der Waals surface area contributed by atoms with Gasteiger partial charge in [0.15, 0.2) is 6.10 Å². The zero-order valence-corrected chi connectivity index (χ0v) is 43.1. The molecule has 0 saturated carbocycles. The second-order valence-corrected chi connectivity index (χ2v) is 18.8. The second-order valence-electron chi connectivity index (χ2n) is 18.8. The van der Waals surface area contributed by atoms with E-state index < -0.39 is 6.10 Å². The molecular weight excluding hydrogens is 789 g/mol. The van der Waals surface area contributed by atoms with Crippen LogP contribution in [0.25, 0.3) is 0 Å². The first-order chi connectivity index (χ1) is 31.6. The third-order valence-corrected chi connectivity index (χ3v) is 12.3. The van der Waals surface area contributed by atoms with Gasteiger partial charge in [-0.3, -0.25) is 9.59 Å². The SMILES string of the molecule is CC/C=C\C/C=C\C/C=C\CCCCCCCC(=O)OC(COCCCCCCCCCCCCCCCC)COC(=O)CCCCCCCCCCC/C=C\CCCCCCCC. The monoisotopic (exact) mass is 897 g/mol. The zero-order valence-electron chi connectivity index (χ0n) is 43.1. The molecule has 0 saturated heterocycles. The van der Waals surface area contributed by atoms with E-state index in [0.29, 0.717) is 19.4 Å². The van der Waals surface area contributed by atoms with Gasteiger partial charge in [-0.2, -0.15) is 0 Å². The fraction of sp³-hybridized carbons (Fsp3) is 0.831. The average Bonchev–Trinajstić information content (AvgIpc) is 3.30. The number of allylic oxidation sites excluding steroid dienone is 8. The minimum Gasteiger partial charge on any atom is -0.462 e. The number of hydrogen-bond donors (Lipinski definition) is 0. The molecule has 1 atom stereocenters. The molecule has 64 heavy (non-hydrogen) atoms. The van der Waals surface area contributed by atoms with Gasteiger partial charge in [0.25, 0.3) is 0 Å². The van der Waals surface area contributed by atoms with Crippen LogP contribution in [0.15, 0.2) is 48.6 Å². The Morgan fingerprint density at radius 1 is 0.359 bits per heavy atom. The Morgan fingerprint density at radius 2 is 0.703 bits per heavy atom. The van der Waals surface area contributed by atoms with Gasteiger partial charge in [-0.15, -0.1) is 0 Å². The number of carbonyl (C=O) groups is 2. The van der Waals surface area contributed by atoms with Crippen molar-refractivity contribution in [2.24, 2.45) is 0 Å². The lowest BCUT2D eigenvalue weighted by Crippen LogP contribution is -2.30. The van der Waals surface area contributed by atoms with Crippen LogP contribution in [-0.4, -0.2) is 37.9 Å². The van der Waals surface area contributed by atoms with E-state index in [0.717, 1.165) is 64.2 Å². The van der Waals surface area contributed by atoms with Crippen molar-refractivity contribution >= 4 is 11.9 Å². The highest BCUT2D eigenvalue weighted by Crippen LogP contribution is 2.16. The van der Waals surface area contributed by atoms with Gasteiger partial charge in [-0.1, -0.05) is 249 Å². The molecule has 0 bridgehead atoms. The number of unbranched alkanes of at least 4 members (excludes halogenated alkanes) is 33. The van der Waals surface area contributed by atoms with Crippen LogP contribution in [0.4, 0.5) is 0 Å². The Labute approximate surface area is 399 Å². The minimum absolute atomic E-state index is 0.0808. The van der Waals surface area contributed by atoms with E-state index in [1.807, 2.05) is 0 Å². The second kappa shape index (κ2) is 55.2. The van der Waals surface area contributed by atoms with Gasteiger partial charge in [0.05, 0.1) is 6.61 Å². The van der Waals surface area contributed by atoms with Crippen molar-refractivity contribution in [1.29, 1.82) is 0 Å². The molecule has 0 rings (SSSR count). The Kier molecular flexibility index (Phi) is 53.3. The third-order valence-electron chi connectivity index (χ3n) is 12.3. The molecule has 0 radical (unpaired) electrons. The van der Waals surface area contributed by atoms with Crippen LogP contribution in [0.5, 0.6) is 0 Å². The van der Waals surface area contributed by atoms with Crippen LogP contribution in [0, 0.1) is 0 Å². The predicted octanol–water partition coefficient (Wildman–Crippen LogP) is 19.1. The van der Waals surface area contributed by atoms with E-state index in [9.17, 15) is 9.59 Å². The van der Waals surface area contributed by atoms with Crippen LogP contribution < -0.4 is 0 Å². The highest BCUT2D eigenvalue weighted by Gasteiger charge is 2.17. The molecule has 374 valence electrons. The molecule has 5 nitrogen and oxygen atoms in total. The first-order valence-corrected chi connectivity index (χ1v) is 28.2. The van der Waals surface area contributed by atoms with Crippen molar-refractivity contribution in [2.75, 3.05) is 19.8 Å². The van der Waals surface area contributed by atoms with E-state index in [1.54, 1.807) is 0 Å². The quantitative estimate of drug-likeness (QED) is 0.0346. The van der Waals surface area contributed by atoms with Gasteiger partial charge in [0.1, 0.15) is 6.61 Å². The van der Waals surface area contributed by atoms with Crippen molar-refractivity contribution in [3.8, 4) is 0 Å². The standard InChI is InChI=1S/C59H108O5/c1-4-7-10-13-16-19-22-25-28-29-30-31-33-34-37-40-43-46-49-52-58(60)63-56-57(55-62-54-51-48-45-42-39-36-27-24-21-18-15-12-9-6-3)64-59(61)53-50-47-44-41-38-35-32-26-23-20-17-14-11-8-5-2/h8,11,17,20,25-26,28,32,57H,4-7,9-10,12-16,18-19,21-24,27,29-31,33-56H2,1-3H3/b11-8-,20-17-,28-25-,32-26-. The molecule has 0 aliphatic heterocycles. The number of ether oxygens (including phenoxy) is 3. The van der Waals surface area contributed by atoms with Gasteiger partial charge >= 0.3 is 11.9 Å². The smallest absolute Gasteiger partial charge is 0.306 e. The normalized spacial score (nSPS) is 12.5. The molecule has 0 N–H and O–H groups in total. The van der Waals surface area contributed by atoms with E-state index >= 15 is 0 Å². The van der Waals surface area contributed by atoms with Crippen molar-refractivity contribution in [2.45, 2.75) is 297 Å². The summed E-state index contributed by atoms with van der Waals surface area (Å²) >= 11 is 0. The van der Waals surface area contributed by atoms with Crippen LogP contribution >= 0.6 is 0 Å². The molecule has 0 spiro atoms. The van der Waals surface area contributed by atoms with Crippen molar-refractivity contribution in [3.05, 3.63) is 48.6 Å². The van der Waals surface area contributed by atoms with Crippen LogP contribution in [-0.2, 0) is 23.8 Å². The molecule has 0 aliphatic rings. The largest absolute Gasteiger partial charge is 0.462 e. The van der Waals surface area contributed by atoms with E-state index in [-0.39, 0.29) is 25.2 Å². The Bertz CT molecular complexity index is 1060. The molecule has 0 fully saturated rings. The number of rotatable bonds is 52. The first-order valence-electron chi connectivity index (χ1n) is 28.2. The zero-order chi connectivity index (χ0) is 46.3. The number of carbonyl (C=O) groups excluding carboxylic acids is 2. The molecular formula is C59H108O5. The summed E-state index contributed by atoms with van der Waals surface area (Å²) in [7, 11) is 0. The predicted molar refractivity (Wildman–Crippen MR) is 279 cm³/mol. The van der Waals surface area contributed by atoms with Crippen molar-refractivity contribution in [3.63, 3.8) is 0 Å². The van der Waals surface area contributed by atoms with Gasteiger partial charge < -0.3 is 14.2 Å². The molecule has 0 amide bonds. The first kappa shape index (κ1) is 61.9. The maximum Gasteiger partial charge on any atom is 0.306 e. The highest BCUT2D eigenvalue weighted by molar-refractivity contribution is 5.70. The lowest BCUT2D eigenvalue weighted by atomic mass is 10.0. The summed E-state index contributed by atoms with van der Waals surface area (Å²) in [6, 6.07) is 0. The maximum absolute atomic E-state index is 12.8. The molecule has 0 aromatic carbocycles. The van der Waals surface area contributed by atoms with Gasteiger partial charge in [0, 0.05) is 19.4 Å². The Balaban J connectivity index is 4.24. The summed E-state index contributed by atoms with van der Waals surface area (Å²) in [6.07, 6.45) is 68.4. The van der Waals surface area contributed by atoms with Crippen molar-refractivity contribution < 1.29 is 23.8 Å². The Morgan fingerprint density at radius 3 is 1.14 bits per heavy atom. The van der Waals surface area contributed by atoms with Crippen LogP contribution in [0.2, 0.25) is 0 Å². The summed E-state index contributed by atoms with van der Waals surface area (Å²) in [5.74, 6) is -0.404. The summed E-state index contributed by atoms with van der Waals surface area (Å²) in [5, 5.41) is 0. The lowest BCUT2D eigenvalue weighted by Gasteiger charge is -2.18. The molecule has 1 unspecified atom stereocenters. The average molecular weight is 898 g/mol. The topological polar surface area (TPSA) is 61.8 Å². The van der Waals surface area contributed by atoms with Crippen LogP contribution in [0.1, 0.15) is 290 Å². The van der Waals surface area contributed by atoms with Gasteiger partial charge in [0.2, 0.25) is 0 Å². The minimum atomic E-state index is -0.543. The summed E-state index contributed by atoms with van der Waals surface area (Å²) < 4.78 is 17.5. The van der Waals surface area contributed by atoms with Gasteiger partial charge in [-0.25, -0.2) is 0 Å². The molecule has 0 aromatic rings. The molecule has 5 heteroatoms. The summed E-state index contributed by atoms with van der Waals surface area (Å²) in [4.78, 5) is 25.5. The fourth-order valence-electron chi connectivity index (χ4n) is 8.17.